The largest absolute Gasteiger partial charge is 0.389 e. The standard InChI is InChI=1S/C20H34FNO2/c1-16(2)9-11-22(12-10-17(3)4)13-19(23)15-24-14-18-7-5-6-8-20(18)21/h5-8,16-17,19,23H,9-15H2,1-4H3. The number of aliphatic hydroxyl groups is 1. The summed E-state index contributed by atoms with van der Waals surface area (Å²) in [4.78, 5) is 2.32. The number of ether oxygens (including phenoxy) is 1. The number of hydrogen-bond acceptors (Lipinski definition) is 3. The van der Waals surface area contributed by atoms with Gasteiger partial charge in [-0.25, -0.2) is 4.39 Å². The van der Waals surface area contributed by atoms with Crippen LogP contribution in [0.3, 0.4) is 0 Å². The molecule has 138 valence electrons. The van der Waals surface area contributed by atoms with Crippen molar-refractivity contribution < 1.29 is 14.2 Å². The first-order chi connectivity index (χ1) is 11.4. The van der Waals surface area contributed by atoms with E-state index in [0.717, 1.165) is 25.9 Å². The van der Waals surface area contributed by atoms with Crippen LogP contribution >= 0.6 is 0 Å². The van der Waals surface area contributed by atoms with E-state index in [4.69, 9.17) is 4.74 Å². The average molecular weight is 339 g/mol. The lowest BCUT2D eigenvalue weighted by Crippen LogP contribution is -2.37. The molecule has 1 aromatic rings. The van der Waals surface area contributed by atoms with Crippen molar-refractivity contribution in [3.8, 4) is 0 Å². The summed E-state index contributed by atoms with van der Waals surface area (Å²) in [6, 6.07) is 6.58. The third-order valence-corrected chi connectivity index (χ3v) is 4.04. The van der Waals surface area contributed by atoms with Crippen LogP contribution in [0.25, 0.3) is 0 Å². The van der Waals surface area contributed by atoms with Gasteiger partial charge in [0.25, 0.3) is 0 Å². The van der Waals surface area contributed by atoms with Crippen molar-refractivity contribution >= 4 is 0 Å². The van der Waals surface area contributed by atoms with Gasteiger partial charge in [-0.1, -0.05) is 45.9 Å². The number of halogens is 1. The summed E-state index contributed by atoms with van der Waals surface area (Å²) in [5, 5.41) is 10.2. The number of benzene rings is 1. The zero-order chi connectivity index (χ0) is 17.9. The average Bonchev–Trinajstić information content (AvgIpc) is 2.51. The highest BCUT2D eigenvalue weighted by Gasteiger charge is 2.13. The third kappa shape index (κ3) is 9.36. The van der Waals surface area contributed by atoms with E-state index in [2.05, 4.69) is 32.6 Å². The Balaban J connectivity index is 2.36. The predicted molar refractivity (Wildman–Crippen MR) is 97.4 cm³/mol. The second-order valence-electron chi connectivity index (χ2n) is 7.43. The molecule has 0 fully saturated rings. The molecule has 1 rings (SSSR count). The van der Waals surface area contributed by atoms with Gasteiger partial charge in [-0.05, 0) is 43.8 Å². The van der Waals surface area contributed by atoms with Crippen LogP contribution in [0.2, 0.25) is 0 Å². The van der Waals surface area contributed by atoms with Gasteiger partial charge in [-0.2, -0.15) is 0 Å². The van der Waals surface area contributed by atoms with Gasteiger partial charge in [0.1, 0.15) is 5.82 Å². The zero-order valence-corrected chi connectivity index (χ0v) is 15.7. The second kappa shape index (κ2) is 11.6. The minimum absolute atomic E-state index is 0.196. The molecule has 4 heteroatoms. The molecule has 1 atom stereocenters. The number of nitrogens with zero attached hydrogens (tertiary/aromatic N) is 1. The first-order valence-electron chi connectivity index (χ1n) is 9.10. The molecule has 0 saturated heterocycles. The van der Waals surface area contributed by atoms with E-state index in [1.807, 2.05) is 0 Å². The lowest BCUT2D eigenvalue weighted by Gasteiger charge is -2.26. The van der Waals surface area contributed by atoms with Crippen molar-refractivity contribution in [2.24, 2.45) is 11.8 Å². The molecule has 3 nitrogen and oxygen atoms in total. The van der Waals surface area contributed by atoms with Crippen molar-refractivity contribution in [2.45, 2.75) is 53.2 Å². The van der Waals surface area contributed by atoms with Crippen LogP contribution in [0.4, 0.5) is 4.39 Å². The van der Waals surface area contributed by atoms with Crippen molar-refractivity contribution in [2.75, 3.05) is 26.2 Å². The fourth-order valence-corrected chi connectivity index (χ4v) is 2.45. The minimum Gasteiger partial charge on any atom is -0.389 e. The predicted octanol–water partition coefficient (Wildman–Crippen LogP) is 4.10. The molecular weight excluding hydrogens is 305 g/mol. The van der Waals surface area contributed by atoms with Gasteiger partial charge < -0.3 is 14.7 Å². The molecule has 0 aromatic heterocycles. The molecule has 0 saturated carbocycles. The van der Waals surface area contributed by atoms with Crippen LogP contribution in [-0.4, -0.2) is 42.4 Å². The SMILES string of the molecule is CC(C)CCN(CCC(C)C)CC(O)COCc1ccccc1F. The molecule has 0 spiro atoms. The molecule has 0 aliphatic carbocycles. The van der Waals surface area contributed by atoms with E-state index in [0.29, 0.717) is 23.9 Å². The Labute approximate surface area is 146 Å². The van der Waals surface area contributed by atoms with Crippen LogP contribution in [0, 0.1) is 17.7 Å². The molecule has 0 aliphatic heterocycles. The maximum Gasteiger partial charge on any atom is 0.128 e. The van der Waals surface area contributed by atoms with Crippen LogP contribution < -0.4 is 0 Å². The summed E-state index contributed by atoms with van der Waals surface area (Å²) in [6.45, 7) is 11.9. The molecule has 1 aromatic carbocycles. The summed E-state index contributed by atoms with van der Waals surface area (Å²) in [5.41, 5.74) is 0.529. The van der Waals surface area contributed by atoms with E-state index >= 15 is 0 Å². The van der Waals surface area contributed by atoms with E-state index in [1.165, 1.54) is 6.07 Å². The first-order valence-corrected chi connectivity index (χ1v) is 9.10. The van der Waals surface area contributed by atoms with Crippen LogP contribution in [-0.2, 0) is 11.3 Å². The highest BCUT2D eigenvalue weighted by molar-refractivity contribution is 5.16. The zero-order valence-electron chi connectivity index (χ0n) is 15.7. The highest BCUT2D eigenvalue weighted by Crippen LogP contribution is 2.10. The van der Waals surface area contributed by atoms with Crippen LogP contribution in [0.15, 0.2) is 24.3 Å². The Morgan fingerprint density at radius 2 is 1.62 bits per heavy atom. The highest BCUT2D eigenvalue weighted by atomic mass is 19.1. The minimum atomic E-state index is -0.545. The van der Waals surface area contributed by atoms with Crippen LogP contribution in [0.5, 0.6) is 0 Å². The summed E-state index contributed by atoms with van der Waals surface area (Å²) in [5.74, 6) is 1.05. The maximum absolute atomic E-state index is 13.5. The smallest absolute Gasteiger partial charge is 0.128 e. The fourth-order valence-electron chi connectivity index (χ4n) is 2.45. The third-order valence-electron chi connectivity index (χ3n) is 4.04. The monoisotopic (exact) mass is 339 g/mol. The Morgan fingerprint density at radius 3 is 2.17 bits per heavy atom. The van der Waals surface area contributed by atoms with Crippen molar-refractivity contribution in [1.29, 1.82) is 0 Å². The van der Waals surface area contributed by atoms with Gasteiger partial charge in [0.2, 0.25) is 0 Å². The van der Waals surface area contributed by atoms with E-state index in [-0.39, 0.29) is 19.0 Å². The summed E-state index contributed by atoms with van der Waals surface area (Å²) in [7, 11) is 0. The maximum atomic E-state index is 13.5. The molecule has 0 heterocycles. The normalized spacial score (nSPS) is 13.2. The quantitative estimate of drug-likeness (QED) is 0.622. The van der Waals surface area contributed by atoms with Gasteiger partial charge in [0, 0.05) is 12.1 Å². The van der Waals surface area contributed by atoms with E-state index < -0.39 is 6.10 Å². The van der Waals surface area contributed by atoms with Gasteiger partial charge in [-0.3, -0.25) is 0 Å². The van der Waals surface area contributed by atoms with Gasteiger partial charge in [0.15, 0.2) is 0 Å². The summed E-state index contributed by atoms with van der Waals surface area (Å²) in [6.07, 6.45) is 1.71. The molecule has 0 bridgehead atoms. The number of rotatable bonds is 12. The second-order valence-corrected chi connectivity index (χ2v) is 7.43. The number of hydrogen-bond donors (Lipinski definition) is 1. The lowest BCUT2D eigenvalue weighted by molar-refractivity contribution is 0.00789. The lowest BCUT2D eigenvalue weighted by atomic mass is 10.1. The summed E-state index contributed by atoms with van der Waals surface area (Å²) >= 11 is 0. The topological polar surface area (TPSA) is 32.7 Å². The molecule has 0 amide bonds. The van der Waals surface area contributed by atoms with Crippen molar-refractivity contribution in [1.82, 2.24) is 4.90 Å². The van der Waals surface area contributed by atoms with Gasteiger partial charge in [0.05, 0.1) is 19.3 Å². The number of aliphatic hydroxyl groups excluding tert-OH is 1. The molecular formula is C20H34FNO2. The van der Waals surface area contributed by atoms with Crippen molar-refractivity contribution in [3.05, 3.63) is 35.6 Å². The summed E-state index contributed by atoms with van der Waals surface area (Å²) < 4.78 is 19.0. The van der Waals surface area contributed by atoms with Gasteiger partial charge >= 0.3 is 0 Å². The molecule has 0 aliphatic rings. The van der Waals surface area contributed by atoms with Crippen molar-refractivity contribution in [3.63, 3.8) is 0 Å². The Bertz CT molecular complexity index is 439. The molecule has 1 unspecified atom stereocenters. The Kier molecular flexibility index (Phi) is 10.2. The molecule has 24 heavy (non-hydrogen) atoms. The molecule has 0 radical (unpaired) electrons. The first kappa shape index (κ1) is 21.1. The Morgan fingerprint density at radius 1 is 1.04 bits per heavy atom. The van der Waals surface area contributed by atoms with E-state index in [1.54, 1.807) is 18.2 Å². The Hall–Kier alpha value is -0.970. The van der Waals surface area contributed by atoms with Crippen LogP contribution in [0.1, 0.15) is 46.1 Å². The van der Waals surface area contributed by atoms with E-state index in [9.17, 15) is 9.50 Å². The fraction of sp³-hybridized carbons (Fsp3) is 0.700. The van der Waals surface area contributed by atoms with Gasteiger partial charge in [-0.15, -0.1) is 0 Å². The molecule has 1 N–H and O–H groups in total.